The second-order valence-electron chi connectivity index (χ2n) is 5.23. The summed E-state index contributed by atoms with van der Waals surface area (Å²) in [6.07, 6.45) is 9.05. The second-order valence-corrected chi connectivity index (χ2v) is 5.23. The van der Waals surface area contributed by atoms with Gasteiger partial charge in [0.1, 0.15) is 0 Å². The third-order valence-corrected chi connectivity index (χ3v) is 3.67. The maximum absolute atomic E-state index is 12.0. The molecule has 0 radical (unpaired) electrons. The van der Waals surface area contributed by atoms with Crippen molar-refractivity contribution in [2.75, 3.05) is 13.1 Å². The van der Waals surface area contributed by atoms with Crippen LogP contribution in [0.4, 0.5) is 0 Å². The Morgan fingerprint density at radius 1 is 1.19 bits per heavy atom. The van der Waals surface area contributed by atoms with Crippen molar-refractivity contribution < 1.29 is 4.79 Å². The van der Waals surface area contributed by atoms with E-state index in [0.29, 0.717) is 0 Å². The van der Waals surface area contributed by atoms with Gasteiger partial charge in [0, 0.05) is 12.0 Å². The molecule has 0 spiro atoms. The fourth-order valence-electron chi connectivity index (χ4n) is 2.42. The molecular weight excluding hydrogens is 200 g/mol. The Balaban J connectivity index is 2.18. The van der Waals surface area contributed by atoms with Crippen LogP contribution in [0.2, 0.25) is 0 Å². The Morgan fingerprint density at radius 2 is 1.88 bits per heavy atom. The Labute approximate surface area is 99.2 Å². The van der Waals surface area contributed by atoms with Crippen LogP contribution >= 0.6 is 0 Å². The number of carbonyl (C=O) groups excluding carboxylic acids is 1. The number of hydrogen-bond donors (Lipinski definition) is 2. The van der Waals surface area contributed by atoms with Crippen molar-refractivity contribution >= 4 is 5.91 Å². The number of hydrogen-bond acceptors (Lipinski definition) is 2. The molecule has 0 heterocycles. The lowest BCUT2D eigenvalue weighted by Crippen LogP contribution is -2.40. The molecule has 0 bridgehead atoms. The Hall–Kier alpha value is -0.570. The number of nitrogens with two attached hydrogens (primary N) is 1. The van der Waals surface area contributed by atoms with E-state index in [2.05, 4.69) is 12.2 Å². The molecule has 1 amide bonds. The molecule has 16 heavy (non-hydrogen) atoms. The van der Waals surface area contributed by atoms with Crippen LogP contribution in [0.5, 0.6) is 0 Å². The van der Waals surface area contributed by atoms with Gasteiger partial charge < -0.3 is 11.1 Å². The lowest BCUT2D eigenvalue weighted by molar-refractivity contribution is -0.131. The maximum atomic E-state index is 12.0. The number of amides is 1. The van der Waals surface area contributed by atoms with Gasteiger partial charge in [0.2, 0.25) is 5.91 Å². The third-order valence-electron chi connectivity index (χ3n) is 3.67. The Kier molecular flexibility index (Phi) is 5.81. The second kappa shape index (κ2) is 6.89. The van der Waals surface area contributed by atoms with E-state index in [9.17, 15) is 4.79 Å². The average Bonchev–Trinajstić information content (AvgIpc) is 2.29. The van der Waals surface area contributed by atoms with Gasteiger partial charge in [-0.25, -0.2) is 0 Å². The van der Waals surface area contributed by atoms with Gasteiger partial charge in [-0.2, -0.15) is 0 Å². The van der Waals surface area contributed by atoms with Crippen molar-refractivity contribution in [1.29, 1.82) is 0 Å². The van der Waals surface area contributed by atoms with Crippen molar-refractivity contribution in [1.82, 2.24) is 5.32 Å². The number of rotatable bonds is 6. The van der Waals surface area contributed by atoms with E-state index in [-0.39, 0.29) is 11.3 Å². The first-order valence-corrected chi connectivity index (χ1v) is 6.67. The van der Waals surface area contributed by atoms with Crippen LogP contribution in [0.25, 0.3) is 0 Å². The summed E-state index contributed by atoms with van der Waals surface area (Å²) in [4.78, 5) is 12.0. The number of unbranched alkanes of at least 4 members (excludes halogenated alkanes) is 2. The highest BCUT2D eigenvalue weighted by Crippen LogP contribution is 2.35. The lowest BCUT2D eigenvalue weighted by atomic mass is 9.75. The van der Waals surface area contributed by atoms with Gasteiger partial charge in [-0.1, -0.05) is 32.6 Å². The van der Waals surface area contributed by atoms with E-state index < -0.39 is 0 Å². The van der Waals surface area contributed by atoms with E-state index in [0.717, 1.165) is 45.2 Å². The summed E-state index contributed by atoms with van der Waals surface area (Å²) in [5, 5.41) is 3.07. The number of nitrogens with one attached hydrogen (secondary N) is 1. The largest absolute Gasteiger partial charge is 0.356 e. The van der Waals surface area contributed by atoms with Crippen molar-refractivity contribution in [2.45, 2.75) is 58.3 Å². The molecule has 0 aliphatic heterocycles. The van der Waals surface area contributed by atoms with Gasteiger partial charge in [0.15, 0.2) is 0 Å². The molecule has 0 aromatic rings. The van der Waals surface area contributed by atoms with E-state index in [1.807, 2.05) is 0 Å². The SMILES string of the molecule is CC1(C(=O)NCCCCCN)CCCCC1. The first kappa shape index (κ1) is 13.5. The zero-order chi connectivity index (χ0) is 11.9. The standard InChI is InChI=1S/C13H26N2O/c1-13(8-4-2-5-9-13)12(16)15-11-7-3-6-10-14/h2-11,14H2,1H3,(H,15,16). The molecule has 3 nitrogen and oxygen atoms in total. The zero-order valence-corrected chi connectivity index (χ0v) is 10.6. The quantitative estimate of drug-likeness (QED) is 0.682. The predicted molar refractivity (Wildman–Crippen MR) is 67.1 cm³/mol. The monoisotopic (exact) mass is 226 g/mol. The minimum Gasteiger partial charge on any atom is -0.356 e. The highest BCUT2D eigenvalue weighted by molar-refractivity contribution is 5.82. The van der Waals surface area contributed by atoms with Crippen LogP contribution in [0.15, 0.2) is 0 Å². The van der Waals surface area contributed by atoms with Gasteiger partial charge in [0.25, 0.3) is 0 Å². The van der Waals surface area contributed by atoms with E-state index >= 15 is 0 Å². The smallest absolute Gasteiger partial charge is 0.225 e. The van der Waals surface area contributed by atoms with Crippen LogP contribution < -0.4 is 11.1 Å². The molecule has 1 aliphatic carbocycles. The molecule has 0 aromatic carbocycles. The van der Waals surface area contributed by atoms with E-state index in [4.69, 9.17) is 5.73 Å². The van der Waals surface area contributed by atoms with Gasteiger partial charge in [0.05, 0.1) is 0 Å². The minimum absolute atomic E-state index is 0.0912. The van der Waals surface area contributed by atoms with Crippen molar-refractivity contribution in [3.63, 3.8) is 0 Å². The molecule has 1 aliphatic rings. The van der Waals surface area contributed by atoms with Gasteiger partial charge in [-0.15, -0.1) is 0 Å². The van der Waals surface area contributed by atoms with Crippen LogP contribution in [-0.2, 0) is 4.79 Å². The molecule has 1 rings (SSSR count). The van der Waals surface area contributed by atoms with Crippen LogP contribution in [0.3, 0.4) is 0 Å². The highest BCUT2D eigenvalue weighted by atomic mass is 16.2. The molecule has 0 atom stereocenters. The molecule has 1 saturated carbocycles. The van der Waals surface area contributed by atoms with Crippen molar-refractivity contribution in [3.8, 4) is 0 Å². The van der Waals surface area contributed by atoms with Crippen molar-refractivity contribution in [3.05, 3.63) is 0 Å². The third kappa shape index (κ3) is 4.12. The minimum atomic E-state index is -0.0912. The van der Waals surface area contributed by atoms with Gasteiger partial charge >= 0.3 is 0 Å². The first-order valence-electron chi connectivity index (χ1n) is 6.67. The van der Waals surface area contributed by atoms with Crippen molar-refractivity contribution in [2.24, 2.45) is 11.1 Å². The summed E-state index contributed by atoms with van der Waals surface area (Å²) >= 11 is 0. The Bertz CT molecular complexity index is 210. The van der Waals surface area contributed by atoms with E-state index in [1.165, 1.54) is 19.3 Å². The molecule has 94 valence electrons. The first-order chi connectivity index (χ1) is 7.69. The summed E-state index contributed by atoms with van der Waals surface area (Å²) in [5.74, 6) is 0.264. The lowest BCUT2D eigenvalue weighted by Gasteiger charge is -2.32. The van der Waals surface area contributed by atoms with Gasteiger partial charge in [-0.3, -0.25) is 4.79 Å². The fourth-order valence-corrected chi connectivity index (χ4v) is 2.42. The molecule has 3 N–H and O–H groups in total. The summed E-state index contributed by atoms with van der Waals surface area (Å²) in [6, 6.07) is 0. The fraction of sp³-hybridized carbons (Fsp3) is 0.923. The van der Waals surface area contributed by atoms with Crippen LogP contribution in [0.1, 0.15) is 58.3 Å². The summed E-state index contributed by atoms with van der Waals surface area (Å²) in [6.45, 7) is 3.68. The molecule has 3 heteroatoms. The van der Waals surface area contributed by atoms with E-state index in [1.54, 1.807) is 0 Å². The molecule has 0 aromatic heterocycles. The Morgan fingerprint density at radius 3 is 2.50 bits per heavy atom. The van der Waals surface area contributed by atoms with Crippen LogP contribution in [-0.4, -0.2) is 19.0 Å². The predicted octanol–water partition coefficient (Wildman–Crippen LogP) is 2.20. The molecule has 1 fully saturated rings. The average molecular weight is 226 g/mol. The molecular formula is C13H26N2O. The maximum Gasteiger partial charge on any atom is 0.225 e. The summed E-state index contributed by atoms with van der Waals surface area (Å²) in [5.41, 5.74) is 5.33. The molecule has 0 saturated heterocycles. The highest BCUT2D eigenvalue weighted by Gasteiger charge is 2.33. The summed E-state index contributed by atoms with van der Waals surface area (Å²) < 4.78 is 0. The number of carbonyl (C=O) groups is 1. The summed E-state index contributed by atoms with van der Waals surface area (Å²) in [7, 11) is 0. The normalized spacial score (nSPS) is 19.4. The topological polar surface area (TPSA) is 55.1 Å². The van der Waals surface area contributed by atoms with Gasteiger partial charge in [-0.05, 0) is 32.2 Å². The van der Waals surface area contributed by atoms with Crippen LogP contribution in [0, 0.1) is 5.41 Å². The molecule has 0 unspecified atom stereocenters. The zero-order valence-electron chi connectivity index (χ0n) is 10.6.